The number of carboxylic acid groups (broad SMARTS) is 1. The number of amides is 1. The van der Waals surface area contributed by atoms with E-state index in [1.807, 2.05) is 29.2 Å². The predicted molar refractivity (Wildman–Crippen MR) is 81.6 cm³/mol. The standard InChI is InChI=1S/C15H19NO4S/c1-20-12-5-2-4-11(8-12)13-6-3-7-16(13)14(17)9-21-10-15(18)19/h2,4-5,8,13H,3,6-7,9-10H2,1H3,(H,18,19). The fourth-order valence-corrected chi connectivity index (χ4v) is 3.19. The van der Waals surface area contributed by atoms with Crippen LogP contribution in [0.2, 0.25) is 0 Å². The van der Waals surface area contributed by atoms with Gasteiger partial charge >= 0.3 is 5.97 Å². The summed E-state index contributed by atoms with van der Waals surface area (Å²) in [5.74, 6) is 0.0769. The van der Waals surface area contributed by atoms with E-state index < -0.39 is 5.97 Å². The summed E-state index contributed by atoms with van der Waals surface area (Å²) in [6, 6.07) is 7.84. The number of hydrogen-bond acceptors (Lipinski definition) is 4. The fraction of sp³-hybridized carbons (Fsp3) is 0.467. The van der Waals surface area contributed by atoms with Gasteiger partial charge in [-0.2, -0.15) is 0 Å². The molecule has 1 fully saturated rings. The number of ether oxygens (including phenoxy) is 1. The van der Waals surface area contributed by atoms with E-state index in [9.17, 15) is 9.59 Å². The zero-order valence-electron chi connectivity index (χ0n) is 11.9. The topological polar surface area (TPSA) is 66.8 Å². The molecule has 0 bridgehead atoms. The van der Waals surface area contributed by atoms with Crippen LogP contribution in [-0.2, 0) is 9.59 Å². The Bertz CT molecular complexity index is 520. The highest BCUT2D eigenvalue weighted by molar-refractivity contribution is 8.00. The molecule has 1 aliphatic heterocycles. The maximum atomic E-state index is 12.2. The molecule has 1 heterocycles. The van der Waals surface area contributed by atoms with Crippen molar-refractivity contribution in [3.63, 3.8) is 0 Å². The maximum Gasteiger partial charge on any atom is 0.313 e. The number of carboxylic acids is 1. The van der Waals surface area contributed by atoms with Crippen molar-refractivity contribution in [1.29, 1.82) is 0 Å². The summed E-state index contributed by atoms with van der Waals surface area (Å²) in [5.41, 5.74) is 1.07. The van der Waals surface area contributed by atoms with E-state index in [1.54, 1.807) is 7.11 Å². The van der Waals surface area contributed by atoms with Gasteiger partial charge in [0.05, 0.1) is 24.7 Å². The summed E-state index contributed by atoms with van der Waals surface area (Å²) in [5, 5.41) is 8.62. The van der Waals surface area contributed by atoms with Crippen molar-refractivity contribution in [2.45, 2.75) is 18.9 Å². The number of thioether (sulfide) groups is 1. The van der Waals surface area contributed by atoms with Crippen molar-refractivity contribution in [2.24, 2.45) is 0 Å². The number of rotatable bonds is 6. The van der Waals surface area contributed by atoms with E-state index in [-0.39, 0.29) is 23.5 Å². The molecule has 0 aromatic heterocycles. The van der Waals surface area contributed by atoms with Gasteiger partial charge in [0.1, 0.15) is 5.75 Å². The molecule has 2 rings (SSSR count). The van der Waals surface area contributed by atoms with E-state index in [0.29, 0.717) is 0 Å². The zero-order valence-corrected chi connectivity index (χ0v) is 12.8. The molecule has 0 spiro atoms. The third kappa shape index (κ3) is 4.14. The van der Waals surface area contributed by atoms with Crippen LogP contribution in [-0.4, -0.2) is 47.0 Å². The minimum Gasteiger partial charge on any atom is -0.497 e. The minimum atomic E-state index is -0.890. The summed E-state index contributed by atoms with van der Waals surface area (Å²) in [4.78, 5) is 24.6. The summed E-state index contributed by atoms with van der Waals surface area (Å²) in [6.07, 6.45) is 1.90. The molecule has 1 atom stereocenters. The molecule has 114 valence electrons. The quantitative estimate of drug-likeness (QED) is 0.872. The van der Waals surface area contributed by atoms with Crippen molar-refractivity contribution >= 4 is 23.6 Å². The molecular formula is C15H19NO4S. The molecule has 6 heteroatoms. The van der Waals surface area contributed by atoms with E-state index >= 15 is 0 Å². The molecular weight excluding hydrogens is 290 g/mol. The normalized spacial score (nSPS) is 17.8. The first kappa shape index (κ1) is 15.7. The first-order valence-electron chi connectivity index (χ1n) is 6.85. The molecule has 0 radical (unpaired) electrons. The van der Waals surface area contributed by atoms with Crippen LogP contribution in [0.4, 0.5) is 0 Å². The van der Waals surface area contributed by atoms with Crippen LogP contribution in [0.15, 0.2) is 24.3 Å². The molecule has 1 amide bonds. The van der Waals surface area contributed by atoms with Gasteiger partial charge in [0.15, 0.2) is 0 Å². The summed E-state index contributed by atoms with van der Waals surface area (Å²) < 4.78 is 5.23. The molecule has 1 aromatic rings. The summed E-state index contributed by atoms with van der Waals surface area (Å²) >= 11 is 1.15. The smallest absolute Gasteiger partial charge is 0.313 e. The van der Waals surface area contributed by atoms with Gasteiger partial charge < -0.3 is 14.7 Å². The van der Waals surface area contributed by atoms with Gasteiger partial charge in [-0.25, -0.2) is 0 Å². The largest absolute Gasteiger partial charge is 0.497 e. The maximum absolute atomic E-state index is 12.2. The number of aliphatic carboxylic acids is 1. The lowest BCUT2D eigenvalue weighted by molar-refractivity contribution is -0.133. The lowest BCUT2D eigenvalue weighted by Gasteiger charge is -2.25. The SMILES string of the molecule is COc1cccc(C2CCCN2C(=O)CSCC(=O)O)c1. The van der Waals surface area contributed by atoms with Crippen LogP contribution in [0.3, 0.4) is 0 Å². The summed E-state index contributed by atoms with van der Waals surface area (Å²) in [7, 11) is 1.62. The van der Waals surface area contributed by atoms with Crippen LogP contribution in [0.1, 0.15) is 24.4 Å². The number of benzene rings is 1. The van der Waals surface area contributed by atoms with Crippen molar-refractivity contribution in [1.82, 2.24) is 4.90 Å². The number of carbonyl (C=O) groups is 2. The fourth-order valence-electron chi connectivity index (χ4n) is 2.57. The van der Waals surface area contributed by atoms with E-state index in [2.05, 4.69) is 0 Å². The molecule has 1 aliphatic rings. The minimum absolute atomic E-state index is 0.00608. The van der Waals surface area contributed by atoms with Gasteiger partial charge in [0.25, 0.3) is 0 Å². The van der Waals surface area contributed by atoms with E-state index in [0.717, 1.165) is 42.5 Å². The molecule has 1 N–H and O–H groups in total. The Hall–Kier alpha value is -1.69. The van der Waals surface area contributed by atoms with Gasteiger partial charge in [0, 0.05) is 6.54 Å². The van der Waals surface area contributed by atoms with Gasteiger partial charge in [-0.1, -0.05) is 12.1 Å². The highest BCUT2D eigenvalue weighted by atomic mass is 32.2. The van der Waals surface area contributed by atoms with Crippen molar-refractivity contribution < 1.29 is 19.4 Å². The number of carbonyl (C=O) groups excluding carboxylic acids is 1. The Labute approximate surface area is 128 Å². The molecule has 21 heavy (non-hydrogen) atoms. The Morgan fingerprint density at radius 2 is 2.24 bits per heavy atom. The number of likely N-dealkylation sites (tertiary alicyclic amines) is 1. The second kappa shape index (κ2) is 7.36. The molecule has 1 aromatic carbocycles. The highest BCUT2D eigenvalue weighted by Gasteiger charge is 2.29. The van der Waals surface area contributed by atoms with Gasteiger partial charge in [-0.3, -0.25) is 9.59 Å². The van der Waals surface area contributed by atoms with E-state index in [1.165, 1.54) is 0 Å². The van der Waals surface area contributed by atoms with E-state index in [4.69, 9.17) is 9.84 Å². The Morgan fingerprint density at radius 3 is 2.95 bits per heavy atom. The molecule has 1 saturated heterocycles. The molecule has 1 unspecified atom stereocenters. The van der Waals surface area contributed by atoms with Crippen molar-refractivity contribution in [2.75, 3.05) is 25.2 Å². The van der Waals surface area contributed by atoms with Crippen LogP contribution in [0.5, 0.6) is 5.75 Å². The monoisotopic (exact) mass is 309 g/mol. The predicted octanol–water partition coefficient (Wildman–Crippen LogP) is 2.18. The Morgan fingerprint density at radius 1 is 1.43 bits per heavy atom. The van der Waals surface area contributed by atoms with Crippen molar-refractivity contribution in [3.05, 3.63) is 29.8 Å². The highest BCUT2D eigenvalue weighted by Crippen LogP contribution is 2.33. The zero-order chi connectivity index (χ0) is 15.2. The molecule has 0 aliphatic carbocycles. The first-order valence-corrected chi connectivity index (χ1v) is 8.00. The number of nitrogens with zero attached hydrogens (tertiary/aromatic N) is 1. The van der Waals surface area contributed by atoms with Gasteiger partial charge in [-0.05, 0) is 30.5 Å². The summed E-state index contributed by atoms with van der Waals surface area (Å²) in [6.45, 7) is 0.730. The van der Waals surface area contributed by atoms with Crippen LogP contribution in [0.25, 0.3) is 0 Å². The first-order chi connectivity index (χ1) is 10.1. The third-order valence-electron chi connectivity index (χ3n) is 3.50. The molecule has 0 saturated carbocycles. The third-order valence-corrected chi connectivity index (χ3v) is 4.40. The van der Waals surface area contributed by atoms with Gasteiger partial charge in [-0.15, -0.1) is 11.8 Å². The van der Waals surface area contributed by atoms with Crippen LogP contribution >= 0.6 is 11.8 Å². The number of hydrogen-bond donors (Lipinski definition) is 1. The second-order valence-corrected chi connectivity index (χ2v) is 5.89. The lowest BCUT2D eigenvalue weighted by atomic mass is 10.0. The Kier molecular flexibility index (Phi) is 5.50. The molecule has 5 nitrogen and oxygen atoms in total. The van der Waals surface area contributed by atoms with Gasteiger partial charge in [0.2, 0.25) is 5.91 Å². The van der Waals surface area contributed by atoms with Crippen LogP contribution < -0.4 is 4.74 Å². The number of methoxy groups -OCH3 is 1. The average molecular weight is 309 g/mol. The second-order valence-electron chi connectivity index (χ2n) is 4.91. The Balaban J connectivity index is 2.02. The van der Waals surface area contributed by atoms with Crippen LogP contribution in [0, 0.1) is 0 Å². The lowest BCUT2D eigenvalue weighted by Crippen LogP contribution is -2.32. The van der Waals surface area contributed by atoms with Crippen molar-refractivity contribution in [3.8, 4) is 5.75 Å². The average Bonchev–Trinajstić information content (AvgIpc) is 2.96.